The molecule has 0 aliphatic carbocycles. The van der Waals surface area contributed by atoms with Gasteiger partial charge in [0, 0.05) is 36.3 Å². The molecule has 0 amide bonds. The second-order valence-corrected chi connectivity index (χ2v) is 8.57. The Morgan fingerprint density at radius 3 is 3.10 bits per heavy atom. The fourth-order valence-electron chi connectivity index (χ4n) is 4.17. The van der Waals surface area contributed by atoms with Gasteiger partial charge in [0.05, 0.1) is 21.2 Å². The normalized spacial score (nSPS) is 20.8. The van der Waals surface area contributed by atoms with Crippen LogP contribution >= 0.6 is 11.3 Å². The SMILES string of the molecule is OC(NC1CCNCC1F)c1cn(Cc2ccc3ncsc3c2)c2cccc(F)c12. The molecule has 0 radical (unpaired) electrons. The molecule has 4 aromatic rings. The number of alkyl halides is 1. The number of benzene rings is 2. The highest BCUT2D eigenvalue weighted by atomic mass is 32.1. The number of fused-ring (bicyclic) bond motifs is 2. The van der Waals surface area contributed by atoms with E-state index < -0.39 is 24.3 Å². The van der Waals surface area contributed by atoms with Gasteiger partial charge in [-0.05, 0) is 42.8 Å². The van der Waals surface area contributed by atoms with Crippen LogP contribution in [0, 0.1) is 5.82 Å². The molecule has 2 aromatic carbocycles. The summed E-state index contributed by atoms with van der Waals surface area (Å²) in [6.07, 6.45) is 0.0684. The maximum Gasteiger partial charge on any atom is 0.133 e. The van der Waals surface area contributed by atoms with Gasteiger partial charge in [0.15, 0.2) is 0 Å². The third kappa shape index (κ3) is 3.60. The Morgan fingerprint density at radius 2 is 2.23 bits per heavy atom. The summed E-state index contributed by atoms with van der Waals surface area (Å²) in [5.74, 6) is -0.401. The molecule has 8 heteroatoms. The lowest BCUT2D eigenvalue weighted by Gasteiger charge is -2.29. The molecule has 3 atom stereocenters. The van der Waals surface area contributed by atoms with Crippen LogP contribution < -0.4 is 10.6 Å². The summed E-state index contributed by atoms with van der Waals surface area (Å²) in [5, 5.41) is 17.1. The maximum absolute atomic E-state index is 14.7. The van der Waals surface area contributed by atoms with E-state index in [-0.39, 0.29) is 6.54 Å². The lowest BCUT2D eigenvalue weighted by molar-refractivity contribution is 0.0880. The first-order valence-electron chi connectivity index (χ1n) is 9.98. The third-order valence-electron chi connectivity index (χ3n) is 5.71. The Balaban J connectivity index is 1.49. The first-order chi connectivity index (χ1) is 14.6. The Morgan fingerprint density at radius 1 is 1.33 bits per heavy atom. The summed E-state index contributed by atoms with van der Waals surface area (Å²) >= 11 is 1.58. The molecule has 5 rings (SSSR count). The van der Waals surface area contributed by atoms with Crippen molar-refractivity contribution in [3.8, 4) is 0 Å². The Labute approximate surface area is 176 Å². The largest absolute Gasteiger partial charge is 0.374 e. The maximum atomic E-state index is 14.7. The molecule has 0 bridgehead atoms. The van der Waals surface area contributed by atoms with Gasteiger partial charge < -0.3 is 15.0 Å². The Bertz CT molecular complexity index is 1190. The van der Waals surface area contributed by atoms with Crippen molar-refractivity contribution in [1.82, 2.24) is 20.2 Å². The smallest absolute Gasteiger partial charge is 0.133 e. The number of hydrogen-bond acceptors (Lipinski definition) is 5. The monoisotopic (exact) mass is 428 g/mol. The molecule has 0 saturated carbocycles. The molecule has 2 aromatic heterocycles. The molecule has 3 heterocycles. The number of piperidine rings is 1. The molecule has 156 valence electrons. The average molecular weight is 429 g/mol. The van der Waals surface area contributed by atoms with Crippen LogP contribution in [0.15, 0.2) is 48.1 Å². The molecule has 1 aliphatic rings. The van der Waals surface area contributed by atoms with Crippen LogP contribution in [0.2, 0.25) is 0 Å². The van der Waals surface area contributed by atoms with Crippen molar-refractivity contribution in [2.24, 2.45) is 0 Å². The van der Waals surface area contributed by atoms with Gasteiger partial charge in [-0.15, -0.1) is 11.3 Å². The number of halogens is 2. The van der Waals surface area contributed by atoms with Gasteiger partial charge in [0.1, 0.15) is 18.2 Å². The van der Waals surface area contributed by atoms with E-state index in [0.29, 0.717) is 36.0 Å². The number of nitrogens with one attached hydrogen (secondary N) is 2. The quantitative estimate of drug-likeness (QED) is 0.424. The number of hydrogen-bond donors (Lipinski definition) is 3. The van der Waals surface area contributed by atoms with Gasteiger partial charge in [0.2, 0.25) is 0 Å². The second kappa shape index (κ2) is 8.03. The predicted molar refractivity (Wildman–Crippen MR) is 115 cm³/mol. The van der Waals surface area contributed by atoms with E-state index in [0.717, 1.165) is 15.8 Å². The zero-order valence-corrected chi connectivity index (χ0v) is 17.0. The highest BCUT2D eigenvalue weighted by molar-refractivity contribution is 7.16. The minimum Gasteiger partial charge on any atom is -0.374 e. The van der Waals surface area contributed by atoms with Gasteiger partial charge in [-0.1, -0.05) is 12.1 Å². The highest BCUT2D eigenvalue weighted by Gasteiger charge is 2.28. The summed E-state index contributed by atoms with van der Waals surface area (Å²) in [4.78, 5) is 4.30. The van der Waals surface area contributed by atoms with Crippen LogP contribution in [0.1, 0.15) is 23.8 Å². The Kier molecular flexibility index (Phi) is 5.24. The van der Waals surface area contributed by atoms with Gasteiger partial charge >= 0.3 is 0 Å². The van der Waals surface area contributed by atoms with E-state index in [4.69, 9.17) is 0 Å². The summed E-state index contributed by atoms with van der Waals surface area (Å²) in [6, 6.07) is 10.5. The lowest BCUT2D eigenvalue weighted by Crippen LogP contribution is -2.50. The first-order valence-corrected chi connectivity index (χ1v) is 10.9. The minimum atomic E-state index is -1.16. The van der Waals surface area contributed by atoms with Gasteiger partial charge in [-0.25, -0.2) is 13.8 Å². The standard InChI is InChI=1S/C22H22F2N4OS/c23-15-2-1-3-19-21(15)14(22(29)27-17-6-7-25-9-16(17)24)11-28(19)10-13-4-5-18-20(8-13)30-12-26-18/h1-5,8,11-12,16-17,22,25,27,29H,6-7,9-10H2. The lowest BCUT2D eigenvalue weighted by atomic mass is 10.0. The zero-order chi connectivity index (χ0) is 20.7. The first kappa shape index (κ1) is 19.6. The van der Waals surface area contributed by atoms with Gasteiger partial charge in [-0.3, -0.25) is 5.32 Å². The van der Waals surface area contributed by atoms with Crippen LogP contribution in [0.25, 0.3) is 21.1 Å². The van der Waals surface area contributed by atoms with Crippen molar-refractivity contribution in [3.05, 3.63) is 65.0 Å². The number of aliphatic hydroxyl groups is 1. The minimum absolute atomic E-state index is 0.251. The van der Waals surface area contributed by atoms with Crippen molar-refractivity contribution < 1.29 is 13.9 Å². The van der Waals surface area contributed by atoms with Crippen LogP contribution in [-0.4, -0.2) is 40.0 Å². The fraction of sp³-hybridized carbons (Fsp3) is 0.318. The Hall–Kier alpha value is -2.39. The van der Waals surface area contributed by atoms with Crippen LogP contribution in [0.4, 0.5) is 8.78 Å². The summed E-state index contributed by atoms with van der Waals surface area (Å²) in [6.45, 7) is 1.46. The number of rotatable bonds is 5. The fourth-order valence-corrected chi connectivity index (χ4v) is 4.91. The van der Waals surface area contributed by atoms with Gasteiger partial charge in [-0.2, -0.15) is 0 Å². The molecule has 5 nitrogen and oxygen atoms in total. The second-order valence-electron chi connectivity index (χ2n) is 7.69. The van der Waals surface area contributed by atoms with Crippen LogP contribution in [0.3, 0.4) is 0 Å². The average Bonchev–Trinajstić information content (AvgIpc) is 3.35. The number of nitrogens with zero attached hydrogens (tertiary/aromatic N) is 2. The number of aliphatic hydroxyl groups excluding tert-OH is 1. The number of aromatic nitrogens is 2. The van der Waals surface area contributed by atoms with Crippen molar-refractivity contribution in [2.45, 2.75) is 31.4 Å². The highest BCUT2D eigenvalue weighted by Crippen LogP contribution is 2.30. The molecule has 1 aliphatic heterocycles. The van der Waals surface area contributed by atoms with Crippen LogP contribution in [-0.2, 0) is 6.54 Å². The number of thiazole rings is 1. The van der Waals surface area contributed by atoms with Crippen molar-refractivity contribution in [1.29, 1.82) is 0 Å². The molecule has 1 fully saturated rings. The van der Waals surface area contributed by atoms with E-state index >= 15 is 0 Å². The van der Waals surface area contributed by atoms with E-state index in [9.17, 15) is 13.9 Å². The molecule has 3 N–H and O–H groups in total. The molecular weight excluding hydrogens is 406 g/mol. The summed E-state index contributed by atoms with van der Waals surface area (Å²) in [7, 11) is 0. The van der Waals surface area contributed by atoms with E-state index in [2.05, 4.69) is 21.7 Å². The molecule has 0 spiro atoms. The topological polar surface area (TPSA) is 62.1 Å². The third-order valence-corrected chi connectivity index (χ3v) is 6.50. The van der Waals surface area contributed by atoms with Gasteiger partial charge in [0.25, 0.3) is 0 Å². The molecule has 30 heavy (non-hydrogen) atoms. The molecular formula is C22H22F2N4OS. The van der Waals surface area contributed by atoms with Crippen LogP contribution in [0.5, 0.6) is 0 Å². The van der Waals surface area contributed by atoms with E-state index in [1.807, 2.05) is 28.3 Å². The van der Waals surface area contributed by atoms with Crippen molar-refractivity contribution >= 4 is 32.5 Å². The predicted octanol–water partition coefficient (Wildman–Crippen LogP) is 3.72. The van der Waals surface area contributed by atoms with E-state index in [1.165, 1.54) is 6.07 Å². The van der Waals surface area contributed by atoms with Crippen molar-refractivity contribution in [3.63, 3.8) is 0 Å². The zero-order valence-electron chi connectivity index (χ0n) is 16.2. The molecule has 3 unspecified atom stereocenters. The molecule has 1 saturated heterocycles. The summed E-state index contributed by atoms with van der Waals surface area (Å²) in [5.41, 5.74) is 4.94. The summed E-state index contributed by atoms with van der Waals surface area (Å²) < 4.78 is 32.0. The van der Waals surface area contributed by atoms with Crippen molar-refractivity contribution in [2.75, 3.05) is 13.1 Å². The van der Waals surface area contributed by atoms with E-state index in [1.54, 1.807) is 23.6 Å².